The number of aryl methyl sites for hydroxylation is 1. The van der Waals surface area contributed by atoms with E-state index >= 15 is 0 Å². The predicted molar refractivity (Wildman–Crippen MR) is 122 cm³/mol. The average molecular weight is 369 g/mol. The fraction of sp³-hybridized carbons (Fsp3) is 0.261. The van der Waals surface area contributed by atoms with E-state index in [-0.39, 0.29) is 18.5 Å². The molecule has 0 saturated heterocycles. The molecule has 1 aromatic carbocycles. The molecule has 0 fully saturated rings. The maximum Gasteiger partial charge on any atom is 0.229 e. The summed E-state index contributed by atoms with van der Waals surface area (Å²) in [5, 5.41) is 2.87. The van der Waals surface area contributed by atoms with Crippen LogP contribution < -0.4 is 5.32 Å². The van der Waals surface area contributed by atoms with Crippen molar-refractivity contribution in [1.29, 1.82) is 5.59 Å². The van der Waals surface area contributed by atoms with E-state index in [0.29, 0.717) is 0 Å². The zero-order chi connectivity index (χ0) is 21.1. The maximum absolute atomic E-state index is 11.6. The van der Waals surface area contributed by atoms with Gasteiger partial charge in [0.2, 0.25) is 5.91 Å². The third kappa shape index (κ3) is 15.4. The zero-order valence-electron chi connectivity index (χ0n) is 16.2. The van der Waals surface area contributed by atoms with Crippen molar-refractivity contribution in [2.24, 2.45) is 5.41 Å². The van der Waals surface area contributed by atoms with E-state index in [0.717, 1.165) is 5.69 Å². The van der Waals surface area contributed by atoms with E-state index < -0.39 is 0 Å². The second kappa shape index (κ2) is 15.6. The first-order valence-corrected chi connectivity index (χ1v) is 7.77. The molecule has 146 valence electrons. The molecule has 0 bridgehead atoms. The Kier molecular flexibility index (Phi) is 14.6. The van der Waals surface area contributed by atoms with Crippen LogP contribution in [0, 0.1) is 82.5 Å². The molecule has 27 heavy (non-hydrogen) atoms. The number of anilines is 1. The van der Waals surface area contributed by atoms with Crippen LogP contribution in [0.25, 0.3) is 0 Å². The minimum atomic E-state index is -0.342. The maximum atomic E-state index is 11.6. The number of carbonyl (C=O) groups is 1. The summed E-state index contributed by atoms with van der Waals surface area (Å²) in [5.41, 5.74) is 6.21. The van der Waals surface area contributed by atoms with Crippen LogP contribution in [0.3, 0.4) is 0 Å². The number of amides is 1. The number of nitrogens with one attached hydrogen (secondary N) is 2. The van der Waals surface area contributed by atoms with Crippen molar-refractivity contribution >= 4 is 11.6 Å². The smallest absolute Gasteiger partial charge is 0.229 e. The van der Waals surface area contributed by atoms with Gasteiger partial charge in [0.1, 0.15) is 0 Å². The van der Waals surface area contributed by atoms with Crippen molar-refractivity contribution in [3.05, 3.63) is 34.7 Å². The lowest BCUT2D eigenvalue weighted by molar-refractivity contribution is -0.123. The monoisotopic (exact) mass is 368 g/mol. The zero-order valence-corrected chi connectivity index (χ0v) is 16.2. The standard InChI is InChI=1S/C12H17NO.C11H4.HNO.5H2/c1-9-5-7-10(8-6-9)13-11(14)12(2,3)4;1-3-5-7-9-11-10-8-6-4-2;1-2;;;;;/h5-8H,1-4H3,(H,13,14);1H,2H3;1H;5*1H. The highest BCUT2D eigenvalue weighted by Crippen LogP contribution is 2.17. The molecule has 1 aromatic rings. The Labute approximate surface area is 169 Å². The first-order chi connectivity index (χ1) is 12.8. The van der Waals surface area contributed by atoms with Gasteiger partial charge >= 0.3 is 0 Å². The van der Waals surface area contributed by atoms with Gasteiger partial charge in [-0.25, -0.2) is 0 Å². The number of hydrogen-bond donors (Lipinski definition) is 2. The summed E-state index contributed by atoms with van der Waals surface area (Å²) in [5.74, 6) is 22.0. The predicted octanol–water partition coefficient (Wildman–Crippen LogP) is 5.19. The lowest BCUT2D eigenvalue weighted by atomic mass is 9.95. The van der Waals surface area contributed by atoms with Gasteiger partial charge in [-0.05, 0) is 73.3 Å². The minimum Gasteiger partial charge on any atom is -0.326 e. The topological polar surface area (TPSA) is 70.0 Å². The van der Waals surface area contributed by atoms with Crippen LogP contribution in [0.2, 0.25) is 0 Å². The Morgan fingerprint density at radius 1 is 0.963 bits per heavy atom. The van der Waals surface area contributed by atoms with Gasteiger partial charge in [-0.15, -0.1) is 6.42 Å². The van der Waals surface area contributed by atoms with Gasteiger partial charge in [-0.1, -0.05) is 50.0 Å². The molecule has 0 heterocycles. The normalized spacial score (nSPS) is 7.41. The molecule has 2 N–H and O–H groups in total. The lowest BCUT2D eigenvalue weighted by Gasteiger charge is -2.17. The average Bonchev–Trinajstić information content (AvgIpc) is 2.64. The Balaban J connectivity index is -0.0000000644. The van der Waals surface area contributed by atoms with Crippen molar-refractivity contribution in [2.45, 2.75) is 34.6 Å². The number of nitroso groups, excluding NO2 is 1. The Bertz CT molecular complexity index is 904. The Morgan fingerprint density at radius 3 is 1.81 bits per heavy atom. The molecule has 0 aliphatic heterocycles. The molecule has 0 aromatic heterocycles. The van der Waals surface area contributed by atoms with Crippen molar-refractivity contribution in [2.75, 3.05) is 5.32 Å². The van der Waals surface area contributed by atoms with Gasteiger partial charge in [0, 0.05) is 18.2 Å². The first-order valence-electron chi connectivity index (χ1n) is 7.77. The van der Waals surface area contributed by atoms with Crippen LogP contribution in [0.1, 0.15) is 40.4 Å². The second-order valence-corrected chi connectivity index (χ2v) is 5.84. The highest BCUT2D eigenvalue weighted by Gasteiger charge is 2.20. The van der Waals surface area contributed by atoms with Gasteiger partial charge in [0.25, 0.3) is 0 Å². The van der Waals surface area contributed by atoms with Crippen LogP contribution in [0.5, 0.6) is 0 Å². The van der Waals surface area contributed by atoms with E-state index in [9.17, 15) is 4.79 Å². The molecule has 0 atom stereocenters. The fourth-order valence-electron chi connectivity index (χ4n) is 1.21. The fourth-order valence-corrected chi connectivity index (χ4v) is 1.21. The summed E-state index contributed by atoms with van der Waals surface area (Å²) in [6.07, 6.45) is 4.84. The SMILES string of the molecule is C#CC#CC#CC#CC#CC.Cc1ccc(NC(=O)C(C)(C)C)cc1.N=O.[HH].[HH].[HH].[HH].[HH]. The lowest BCUT2D eigenvalue weighted by Crippen LogP contribution is -2.27. The van der Waals surface area contributed by atoms with Gasteiger partial charge in [-0.2, -0.15) is 4.91 Å². The van der Waals surface area contributed by atoms with Gasteiger partial charge in [0.05, 0.1) is 0 Å². The van der Waals surface area contributed by atoms with Crippen molar-refractivity contribution in [3.8, 4) is 59.7 Å². The Hall–Kier alpha value is -3.91. The summed E-state index contributed by atoms with van der Waals surface area (Å²) in [6, 6.07) is 7.80. The Morgan fingerprint density at radius 2 is 1.41 bits per heavy atom. The molecule has 4 nitrogen and oxygen atoms in total. The number of rotatable bonds is 1. The summed E-state index contributed by atoms with van der Waals surface area (Å²) in [6.45, 7) is 9.43. The van der Waals surface area contributed by atoms with Crippen LogP contribution in [-0.4, -0.2) is 5.91 Å². The molecule has 0 aliphatic rings. The van der Waals surface area contributed by atoms with Gasteiger partial charge in [-0.3, -0.25) is 4.79 Å². The summed E-state index contributed by atoms with van der Waals surface area (Å²) in [7, 11) is 0. The number of terminal acetylenes is 1. The molecular weight excluding hydrogens is 336 g/mol. The molecular formula is C23H32N2O2. The molecule has 0 saturated carbocycles. The van der Waals surface area contributed by atoms with Crippen molar-refractivity contribution in [3.63, 3.8) is 0 Å². The highest BCUT2D eigenvalue weighted by molar-refractivity contribution is 5.94. The minimum absolute atomic E-state index is 0. The largest absolute Gasteiger partial charge is 0.326 e. The molecule has 1 rings (SSSR count). The van der Waals surface area contributed by atoms with Gasteiger partial charge in [0.15, 0.2) is 0 Å². The van der Waals surface area contributed by atoms with Crippen LogP contribution in [-0.2, 0) is 4.79 Å². The second-order valence-electron chi connectivity index (χ2n) is 5.84. The quantitative estimate of drug-likeness (QED) is 0.529. The van der Waals surface area contributed by atoms with Crippen LogP contribution in [0.15, 0.2) is 24.3 Å². The summed E-state index contributed by atoms with van der Waals surface area (Å²) in [4.78, 5) is 19.1. The third-order valence-corrected chi connectivity index (χ3v) is 2.56. The highest BCUT2D eigenvalue weighted by atomic mass is 16.2. The van der Waals surface area contributed by atoms with Crippen molar-refractivity contribution in [1.82, 2.24) is 0 Å². The first kappa shape index (κ1) is 25.3. The van der Waals surface area contributed by atoms with E-state index in [1.165, 1.54) is 5.56 Å². The number of benzene rings is 1. The molecule has 0 aliphatic carbocycles. The third-order valence-electron chi connectivity index (χ3n) is 2.56. The number of hydrogen-bond acceptors (Lipinski definition) is 3. The van der Waals surface area contributed by atoms with E-state index in [1.807, 2.05) is 52.0 Å². The van der Waals surface area contributed by atoms with E-state index in [4.69, 9.17) is 11.3 Å². The van der Waals surface area contributed by atoms with Crippen LogP contribution >= 0.6 is 0 Å². The van der Waals surface area contributed by atoms with E-state index in [2.05, 4.69) is 64.2 Å². The molecule has 0 radical (unpaired) electrons. The van der Waals surface area contributed by atoms with Gasteiger partial charge < -0.3 is 5.32 Å². The van der Waals surface area contributed by atoms with Crippen LogP contribution in [0.4, 0.5) is 5.69 Å². The summed E-state index contributed by atoms with van der Waals surface area (Å²) < 4.78 is 0. The van der Waals surface area contributed by atoms with E-state index in [1.54, 1.807) is 6.92 Å². The molecule has 4 heteroatoms. The molecule has 1 amide bonds. The molecule has 0 spiro atoms. The van der Waals surface area contributed by atoms with Crippen molar-refractivity contribution < 1.29 is 11.9 Å². The molecule has 0 unspecified atom stereocenters. The summed E-state index contributed by atoms with van der Waals surface area (Å²) >= 11 is 0. The number of carbonyl (C=O) groups excluding carboxylic acids is 1.